The monoisotopic (exact) mass is 459 g/mol. The van der Waals surface area contributed by atoms with E-state index in [4.69, 9.17) is 16.3 Å². The summed E-state index contributed by atoms with van der Waals surface area (Å²) in [7, 11) is 0. The maximum atomic E-state index is 13.2. The molecule has 0 saturated heterocycles. The van der Waals surface area contributed by atoms with E-state index in [0.29, 0.717) is 11.6 Å². The van der Waals surface area contributed by atoms with Crippen LogP contribution in [-0.2, 0) is 20.9 Å². The zero-order chi connectivity index (χ0) is 23.3. The molecule has 0 aliphatic carbocycles. The Kier molecular flexibility index (Phi) is 7.37. The first-order chi connectivity index (χ1) is 15.2. The number of aryl methyl sites for hydroxylation is 1. The predicted molar refractivity (Wildman–Crippen MR) is 117 cm³/mol. The molecule has 0 aliphatic rings. The maximum absolute atomic E-state index is 13.2. The summed E-state index contributed by atoms with van der Waals surface area (Å²) < 4.78 is 32.8. The van der Waals surface area contributed by atoms with E-state index in [2.05, 4.69) is 10.4 Å². The van der Waals surface area contributed by atoms with Gasteiger partial charge in [0.2, 0.25) is 0 Å². The fourth-order valence-electron chi connectivity index (χ4n) is 3.00. The molecule has 0 fully saturated rings. The second-order valence-corrected chi connectivity index (χ2v) is 7.36. The van der Waals surface area contributed by atoms with Crippen molar-refractivity contribution in [3.8, 4) is 0 Å². The summed E-state index contributed by atoms with van der Waals surface area (Å²) in [6, 6.07) is 10.4. The first-order valence-corrected chi connectivity index (χ1v) is 9.99. The molecule has 32 heavy (non-hydrogen) atoms. The zero-order valence-electron chi connectivity index (χ0n) is 17.4. The second-order valence-electron chi connectivity index (χ2n) is 6.95. The van der Waals surface area contributed by atoms with Crippen molar-refractivity contribution in [2.24, 2.45) is 0 Å². The molecule has 0 saturated carbocycles. The number of nitrogens with one attached hydrogen (secondary N) is 1. The number of aromatic nitrogens is 2. The summed E-state index contributed by atoms with van der Waals surface area (Å²) >= 11 is 6.22. The van der Waals surface area contributed by atoms with E-state index < -0.39 is 30.1 Å². The van der Waals surface area contributed by atoms with Gasteiger partial charge in [0.15, 0.2) is 18.2 Å². The Morgan fingerprint density at radius 1 is 1.16 bits per heavy atom. The molecule has 0 atom stereocenters. The van der Waals surface area contributed by atoms with Gasteiger partial charge in [-0.2, -0.15) is 5.10 Å². The van der Waals surface area contributed by atoms with Crippen LogP contribution >= 0.6 is 11.6 Å². The van der Waals surface area contributed by atoms with E-state index in [1.165, 1.54) is 12.1 Å². The molecule has 0 radical (unpaired) electrons. The highest BCUT2D eigenvalue weighted by molar-refractivity contribution is 6.31. The minimum Gasteiger partial charge on any atom is -0.452 e. The lowest BCUT2D eigenvalue weighted by atomic mass is 10.1. The van der Waals surface area contributed by atoms with E-state index in [1.807, 2.05) is 38.1 Å². The third-order valence-corrected chi connectivity index (χ3v) is 5.02. The van der Waals surface area contributed by atoms with Gasteiger partial charge in [-0.1, -0.05) is 29.8 Å². The smallest absolute Gasteiger partial charge is 0.331 e. The quantitative estimate of drug-likeness (QED) is 0.411. The number of ether oxygens (including phenoxy) is 1. The number of halogens is 3. The first kappa shape index (κ1) is 23.1. The Morgan fingerprint density at radius 3 is 2.62 bits per heavy atom. The minimum absolute atomic E-state index is 0.0534. The van der Waals surface area contributed by atoms with Crippen LogP contribution in [0, 0.1) is 25.5 Å². The van der Waals surface area contributed by atoms with Gasteiger partial charge < -0.3 is 10.1 Å². The third kappa shape index (κ3) is 5.79. The lowest BCUT2D eigenvalue weighted by molar-refractivity contribution is -0.142. The molecule has 6 nitrogen and oxygen atoms in total. The average molecular weight is 460 g/mol. The highest BCUT2D eigenvalue weighted by atomic mass is 35.5. The fraction of sp³-hybridized carbons (Fsp3) is 0.174. The molecular weight excluding hydrogens is 440 g/mol. The van der Waals surface area contributed by atoms with Crippen molar-refractivity contribution >= 4 is 35.2 Å². The Morgan fingerprint density at radius 2 is 1.91 bits per heavy atom. The number of amides is 1. The van der Waals surface area contributed by atoms with Gasteiger partial charge in [0.05, 0.1) is 12.2 Å². The van der Waals surface area contributed by atoms with Crippen LogP contribution in [0.3, 0.4) is 0 Å². The van der Waals surface area contributed by atoms with Gasteiger partial charge >= 0.3 is 5.97 Å². The molecule has 166 valence electrons. The molecule has 0 spiro atoms. The van der Waals surface area contributed by atoms with E-state index >= 15 is 0 Å². The van der Waals surface area contributed by atoms with Crippen molar-refractivity contribution in [2.75, 3.05) is 11.9 Å². The summed E-state index contributed by atoms with van der Waals surface area (Å²) in [5, 5.41) is 7.45. The third-order valence-electron chi connectivity index (χ3n) is 4.65. The van der Waals surface area contributed by atoms with Crippen LogP contribution in [0.5, 0.6) is 0 Å². The summed E-state index contributed by atoms with van der Waals surface area (Å²) in [6.45, 7) is 3.59. The highest BCUT2D eigenvalue weighted by Crippen LogP contribution is 2.20. The lowest BCUT2D eigenvalue weighted by Crippen LogP contribution is -2.20. The number of hydrogen-bond acceptors (Lipinski definition) is 4. The number of rotatable bonds is 7. The van der Waals surface area contributed by atoms with Crippen LogP contribution in [0.25, 0.3) is 6.08 Å². The fourth-order valence-corrected chi connectivity index (χ4v) is 3.20. The molecular formula is C23H20ClF2N3O3. The Bertz CT molecular complexity index is 1190. The Labute approximate surface area is 188 Å². The number of carbonyl (C=O) groups is 2. The molecule has 3 rings (SSSR count). The van der Waals surface area contributed by atoms with E-state index in [0.717, 1.165) is 34.6 Å². The standard InChI is InChI=1S/C23H20ClF2N3O3/c1-14-18(15(2)29(28-14)12-16-5-3-4-6-19(16)24)8-10-23(31)32-13-22(30)27-17-7-9-20(25)21(26)11-17/h3-11H,12-13H2,1-2H3,(H,27,30)/b10-8+. The van der Waals surface area contributed by atoms with Crippen LogP contribution in [0.4, 0.5) is 14.5 Å². The molecule has 2 aromatic carbocycles. The predicted octanol–water partition coefficient (Wildman–Crippen LogP) is 4.67. The summed E-state index contributed by atoms with van der Waals surface area (Å²) in [5.41, 5.74) is 3.27. The number of nitrogens with zero attached hydrogens (tertiary/aromatic N) is 2. The molecule has 0 bridgehead atoms. The molecule has 9 heteroatoms. The number of benzene rings is 2. The molecule has 1 heterocycles. The molecule has 1 amide bonds. The van der Waals surface area contributed by atoms with Crippen molar-refractivity contribution < 1.29 is 23.1 Å². The van der Waals surface area contributed by atoms with Crippen LogP contribution in [-0.4, -0.2) is 28.3 Å². The topological polar surface area (TPSA) is 73.2 Å². The minimum atomic E-state index is -1.09. The molecule has 1 N–H and O–H groups in total. The van der Waals surface area contributed by atoms with Crippen LogP contribution in [0.1, 0.15) is 22.5 Å². The summed E-state index contributed by atoms with van der Waals surface area (Å²) in [4.78, 5) is 23.8. The zero-order valence-corrected chi connectivity index (χ0v) is 18.1. The largest absolute Gasteiger partial charge is 0.452 e. The highest BCUT2D eigenvalue weighted by Gasteiger charge is 2.12. The van der Waals surface area contributed by atoms with E-state index in [1.54, 1.807) is 10.8 Å². The van der Waals surface area contributed by atoms with Crippen LogP contribution in [0.15, 0.2) is 48.5 Å². The van der Waals surface area contributed by atoms with Gasteiger partial charge in [-0.05, 0) is 43.7 Å². The molecule has 0 unspecified atom stereocenters. The SMILES string of the molecule is Cc1nn(Cc2ccccc2Cl)c(C)c1/C=C/C(=O)OCC(=O)Nc1ccc(F)c(F)c1. The van der Waals surface area contributed by atoms with Gasteiger partial charge in [-0.3, -0.25) is 9.48 Å². The number of anilines is 1. The van der Waals surface area contributed by atoms with Gasteiger partial charge in [0.1, 0.15) is 0 Å². The molecule has 1 aromatic heterocycles. The number of hydrogen-bond donors (Lipinski definition) is 1. The van der Waals surface area contributed by atoms with E-state index in [9.17, 15) is 18.4 Å². The van der Waals surface area contributed by atoms with Crippen molar-refractivity contribution in [1.82, 2.24) is 9.78 Å². The van der Waals surface area contributed by atoms with Gasteiger partial charge in [-0.25, -0.2) is 13.6 Å². The van der Waals surface area contributed by atoms with Gasteiger partial charge in [0.25, 0.3) is 5.91 Å². The second kappa shape index (κ2) is 10.2. The van der Waals surface area contributed by atoms with Crippen LogP contribution < -0.4 is 5.32 Å². The summed E-state index contributed by atoms with van der Waals surface area (Å²) in [5.74, 6) is -3.54. The Hall–Kier alpha value is -3.52. The van der Waals surface area contributed by atoms with E-state index in [-0.39, 0.29) is 5.69 Å². The maximum Gasteiger partial charge on any atom is 0.331 e. The number of carbonyl (C=O) groups excluding carboxylic acids is 2. The van der Waals surface area contributed by atoms with Crippen molar-refractivity contribution in [3.63, 3.8) is 0 Å². The van der Waals surface area contributed by atoms with Gasteiger partial charge in [0, 0.05) is 34.1 Å². The first-order valence-electron chi connectivity index (χ1n) is 9.61. The normalized spacial score (nSPS) is 11.0. The lowest BCUT2D eigenvalue weighted by Gasteiger charge is -2.07. The van der Waals surface area contributed by atoms with Crippen LogP contribution in [0.2, 0.25) is 5.02 Å². The summed E-state index contributed by atoms with van der Waals surface area (Å²) in [6.07, 6.45) is 2.76. The van der Waals surface area contributed by atoms with Crippen molar-refractivity contribution in [2.45, 2.75) is 20.4 Å². The van der Waals surface area contributed by atoms with Gasteiger partial charge in [-0.15, -0.1) is 0 Å². The Balaban J connectivity index is 1.58. The average Bonchev–Trinajstić information content (AvgIpc) is 3.02. The van der Waals surface area contributed by atoms with Crippen molar-refractivity contribution in [1.29, 1.82) is 0 Å². The molecule has 3 aromatic rings. The molecule has 0 aliphatic heterocycles. The number of esters is 1. The van der Waals surface area contributed by atoms with Crippen molar-refractivity contribution in [3.05, 3.63) is 87.7 Å².